The number of benzene rings is 2. The summed E-state index contributed by atoms with van der Waals surface area (Å²) in [4.78, 5) is 93.3. The average molecular weight is 1030 g/mol. The molecule has 0 aliphatic carbocycles. The van der Waals surface area contributed by atoms with E-state index in [1.54, 1.807) is 17.2 Å². The minimum Gasteiger partial charge on any atom is -0.481 e. The van der Waals surface area contributed by atoms with E-state index in [-0.39, 0.29) is 127 Å². The molecule has 1 atom stereocenters. The number of nitrogens with two attached hydrogens (primary N) is 1. The highest BCUT2D eigenvalue weighted by Gasteiger charge is 2.37. The van der Waals surface area contributed by atoms with E-state index in [1.165, 1.54) is 0 Å². The zero-order valence-corrected chi connectivity index (χ0v) is 41.7. The van der Waals surface area contributed by atoms with Gasteiger partial charge in [-0.1, -0.05) is 51.1 Å². The minimum absolute atomic E-state index is 0.0326. The van der Waals surface area contributed by atoms with Crippen molar-refractivity contribution in [2.45, 2.75) is 52.6 Å². The quantitative estimate of drug-likeness (QED) is 0.0387. The Bertz CT molecular complexity index is 2340. The molecular formula is C50H65F2N7O12S. The molecule has 5 N–H and O–H groups in total. The van der Waals surface area contributed by atoms with Crippen LogP contribution < -0.4 is 16.4 Å². The Hall–Kier alpha value is -6.17. The topological polar surface area (TPSA) is 250 Å². The van der Waals surface area contributed by atoms with Crippen LogP contribution in [0.1, 0.15) is 57.3 Å². The van der Waals surface area contributed by atoms with Gasteiger partial charge in [-0.2, -0.15) is 0 Å². The number of nitrogens with zero attached hydrogens (tertiary/aromatic N) is 4. The van der Waals surface area contributed by atoms with Crippen LogP contribution in [-0.2, 0) is 59.1 Å². The number of aliphatic carboxylic acids is 1. The first-order chi connectivity index (χ1) is 34.5. The zero-order valence-electron chi connectivity index (χ0n) is 40.9. The summed E-state index contributed by atoms with van der Waals surface area (Å²) in [6, 6.07) is 14.0. The van der Waals surface area contributed by atoms with Crippen LogP contribution in [-0.4, -0.2) is 164 Å². The highest BCUT2D eigenvalue weighted by atomic mass is 32.2. The molecule has 72 heavy (non-hydrogen) atoms. The molecule has 1 aromatic heterocycles. The fourth-order valence-electron chi connectivity index (χ4n) is 7.30. The summed E-state index contributed by atoms with van der Waals surface area (Å²) >= 11 is 1.05. The van der Waals surface area contributed by atoms with Gasteiger partial charge in [0, 0.05) is 67.1 Å². The predicted octanol–water partition coefficient (Wildman–Crippen LogP) is 3.54. The van der Waals surface area contributed by atoms with Gasteiger partial charge < -0.3 is 49.9 Å². The van der Waals surface area contributed by atoms with Gasteiger partial charge in [0.25, 0.3) is 17.7 Å². The van der Waals surface area contributed by atoms with Crippen LogP contribution in [0.15, 0.2) is 77.9 Å². The number of carbonyl (C=O) groups excluding carboxylic acids is 6. The molecule has 4 rings (SSSR count). The lowest BCUT2D eigenvalue weighted by Gasteiger charge is -2.41. The molecular weight excluding hydrogens is 961 g/mol. The van der Waals surface area contributed by atoms with Crippen LogP contribution >= 0.6 is 11.8 Å². The van der Waals surface area contributed by atoms with Crippen molar-refractivity contribution in [2.75, 3.05) is 97.1 Å². The number of carbonyl (C=O) groups is 7. The number of imide groups is 1. The number of carboxylic acids is 1. The number of aliphatic imine (C=N–C) groups is 1. The molecule has 2 aromatic carbocycles. The van der Waals surface area contributed by atoms with Crippen LogP contribution in [0.2, 0.25) is 0 Å². The fraction of sp³-hybridized carbons (Fsp3) is 0.480. The number of carboxylic acid groups (broad SMARTS) is 1. The molecule has 22 heteroatoms. The number of halogens is 2. The molecule has 1 aliphatic rings. The third kappa shape index (κ3) is 20.1. The van der Waals surface area contributed by atoms with Gasteiger partial charge in [0.1, 0.15) is 23.9 Å². The molecule has 0 bridgehead atoms. The Kier molecular flexibility index (Phi) is 24.9. The van der Waals surface area contributed by atoms with E-state index in [1.807, 2.05) is 55.7 Å². The molecule has 0 unspecified atom stereocenters. The Morgan fingerprint density at radius 3 is 2.08 bits per heavy atom. The molecule has 0 saturated carbocycles. The molecule has 19 nitrogen and oxygen atoms in total. The number of ether oxygens (including phenoxy) is 4. The number of rotatable bonds is 33. The standard InChI is InChI=1S/C50H65F2N7O12S/c1-50(2,3)48(41-28-36(38-29-37(51)10-11-39(38)52)31-57(41)30-35-8-5-4-6-9-35)58(19-7-16-53)46(64)34-72-33-40(49(67)55-17-14-47(65)66)56-42(60)15-20-68-22-24-70-26-27-71-25-23-69-21-18-54-43(61)32-59-44(62)12-13-45(59)63/h4-6,8-13,28-29,31,48H,7,14-27,30,32-34,53H2,1-3H3,(H,54,61)(H,55,67)(H,65,66)/t48-/m0/s1. The lowest BCUT2D eigenvalue weighted by molar-refractivity contribution is -0.141. The number of hydrogen-bond acceptors (Lipinski definition) is 13. The van der Waals surface area contributed by atoms with Crippen LogP contribution in [0.4, 0.5) is 8.78 Å². The van der Waals surface area contributed by atoms with Crippen molar-refractivity contribution in [2.24, 2.45) is 16.1 Å². The first-order valence-corrected chi connectivity index (χ1v) is 24.6. The second-order valence-corrected chi connectivity index (χ2v) is 18.4. The molecule has 6 amide bonds. The SMILES string of the molecule is CC(C)(C)[C@H](c1cc(-c2cc(F)ccc2F)cn1Cc1ccccc1)N(CCCN)C(=O)CSCC(=NC(=O)CCOCCOCCOCCOCCNC(=O)CN1C(=O)C=CC1=O)C(=O)NCCC(=O)O. The normalized spacial score (nSPS) is 13.1. The van der Waals surface area contributed by atoms with Crippen LogP contribution in [0.5, 0.6) is 0 Å². The van der Waals surface area contributed by atoms with Gasteiger partial charge in [0.05, 0.1) is 77.5 Å². The molecule has 0 spiro atoms. The van der Waals surface area contributed by atoms with Crippen LogP contribution in [0.25, 0.3) is 11.1 Å². The van der Waals surface area contributed by atoms with E-state index in [0.717, 1.165) is 52.6 Å². The van der Waals surface area contributed by atoms with Gasteiger partial charge >= 0.3 is 5.97 Å². The lowest BCUT2D eigenvalue weighted by Crippen LogP contribution is -2.44. The van der Waals surface area contributed by atoms with Crippen molar-refractivity contribution in [3.8, 4) is 11.1 Å². The summed E-state index contributed by atoms with van der Waals surface area (Å²) in [5.74, 6) is -5.94. The Morgan fingerprint density at radius 2 is 1.46 bits per heavy atom. The number of amides is 6. The number of aromatic nitrogens is 1. The first kappa shape index (κ1) is 58.4. The van der Waals surface area contributed by atoms with Crippen molar-refractivity contribution in [1.82, 2.24) is 25.0 Å². The van der Waals surface area contributed by atoms with E-state index in [2.05, 4.69) is 15.6 Å². The van der Waals surface area contributed by atoms with Crippen molar-refractivity contribution >= 4 is 58.9 Å². The Labute approximate surface area is 421 Å². The molecule has 3 aromatic rings. The van der Waals surface area contributed by atoms with Crippen molar-refractivity contribution in [3.63, 3.8) is 0 Å². The summed E-state index contributed by atoms with van der Waals surface area (Å²) in [6.07, 6.45) is 3.87. The van der Waals surface area contributed by atoms with Crippen molar-refractivity contribution in [3.05, 3.63) is 95.8 Å². The average Bonchev–Trinajstić information content (AvgIpc) is 3.88. The highest BCUT2D eigenvalue weighted by Crippen LogP contribution is 2.41. The smallest absolute Gasteiger partial charge is 0.305 e. The maximum absolute atomic E-state index is 15.2. The van der Waals surface area contributed by atoms with Crippen LogP contribution in [0.3, 0.4) is 0 Å². The van der Waals surface area contributed by atoms with E-state index in [0.29, 0.717) is 24.2 Å². The fourth-order valence-corrected chi connectivity index (χ4v) is 8.13. The third-order valence-electron chi connectivity index (χ3n) is 10.7. The van der Waals surface area contributed by atoms with Crippen LogP contribution in [0, 0.1) is 17.0 Å². The minimum atomic E-state index is -1.14. The number of hydrogen-bond donors (Lipinski definition) is 4. The van der Waals surface area contributed by atoms with E-state index < -0.39 is 58.6 Å². The highest BCUT2D eigenvalue weighted by molar-refractivity contribution is 8.00. The summed E-state index contributed by atoms with van der Waals surface area (Å²) in [5, 5.41) is 14.1. The van der Waals surface area contributed by atoms with Gasteiger partial charge in [-0.25, -0.2) is 13.8 Å². The molecule has 0 saturated heterocycles. The van der Waals surface area contributed by atoms with E-state index in [9.17, 15) is 38.0 Å². The summed E-state index contributed by atoms with van der Waals surface area (Å²) in [7, 11) is 0. The summed E-state index contributed by atoms with van der Waals surface area (Å²) < 4.78 is 53.5. The maximum atomic E-state index is 15.2. The molecule has 0 radical (unpaired) electrons. The van der Waals surface area contributed by atoms with Crippen molar-refractivity contribution < 1.29 is 66.4 Å². The van der Waals surface area contributed by atoms with Gasteiger partial charge in [0.15, 0.2) is 0 Å². The van der Waals surface area contributed by atoms with E-state index >= 15 is 4.39 Å². The zero-order chi connectivity index (χ0) is 52.5. The molecule has 1 aliphatic heterocycles. The van der Waals surface area contributed by atoms with Gasteiger partial charge in [-0.15, -0.1) is 11.8 Å². The maximum Gasteiger partial charge on any atom is 0.305 e. The monoisotopic (exact) mass is 1030 g/mol. The van der Waals surface area contributed by atoms with Crippen molar-refractivity contribution in [1.29, 1.82) is 0 Å². The Balaban J connectivity index is 1.28. The second-order valence-electron chi connectivity index (χ2n) is 17.4. The van der Waals surface area contributed by atoms with E-state index in [4.69, 9.17) is 29.8 Å². The predicted molar refractivity (Wildman–Crippen MR) is 265 cm³/mol. The third-order valence-corrected chi connectivity index (χ3v) is 11.6. The number of nitrogens with one attached hydrogen (secondary N) is 2. The first-order valence-electron chi connectivity index (χ1n) is 23.5. The molecule has 392 valence electrons. The summed E-state index contributed by atoms with van der Waals surface area (Å²) in [6.45, 7) is 8.03. The number of thioether (sulfide) groups is 1. The summed E-state index contributed by atoms with van der Waals surface area (Å²) in [5.41, 5.74) is 7.30. The van der Waals surface area contributed by atoms with Gasteiger partial charge in [0.2, 0.25) is 17.7 Å². The van der Waals surface area contributed by atoms with Gasteiger partial charge in [-0.3, -0.25) is 38.5 Å². The van der Waals surface area contributed by atoms with Gasteiger partial charge in [-0.05, 0) is 48.2 Å². The Morgan fingerprint density at radius 1 is 0.819 bits per heavy atom. The molecule has 0 fully saturated rings. The lowest BCUT2D eigenvalue weighted by atomic mass is 9.83. The molecule has 2 heterocycles. The second kappa shape index (κ2) is 30.7. The largest absolute Gasteiger partial charge is 0.481 e.